The number of hydrogen-bond donors (Lipinski definition) is 2. The van der Waals surface area contributed by atoms with Crippen LogP contribution in [0.3, 0.4) is 0 Å². The first-order chi connectivity index (χ1) is 17.2. The summed E-state index contributed by atoms with van der Waals surface area (Å²) in [5, 5.41) is 4.29. The van der Waals surface area contributed by atoms with Crippen LogP contribution in [0.5, 0.6) is 5.75 Å². The second-order valence-electron chi connectivity index (χ2n) is 10.2. The molecule has 2 aromatic carbocycles. The fraction of sp³-hybridized carbons (Fsp3) is 0.429. The molecule has 0 spiro atoms. The van der Waals surface area contributed by atoms with Gasteiger partial charge in [0.2, 0.25) is 5.91 Å². The molecular formula is C28H36N4O4. The number of nitrogens with zero attached hydrogens (tertiary/aromatic N) is 2. The average Bonchev–Trinajstić information content (AvgIpc) is 3.28. The van der Waals surface area contributed by atoms with E-state index in [0.29, 0.717) is 39.3 Å². The van der Waals surface area contributed by atoms with E-state index in [1.807, 2.05) is 63.4 Å². The van der Waals surface area contributed by atoms with E-state index >= 15 is 0 Å². The van der Waals surface area contributed by atoms with E-state index in [1.165, 1.54) is 0 Å². The molecule has 2 amide bonds. The molecule has 192 valence electrons. The third-order valence-electron chi connectivity index (χ3n) is 6.41. The minimum absolute atomic E-state index is 0.0139. The maximum Gasteiger partial charge on any atom is 0.410 e. The third-order valence-corrected chi connectivity index (χ3v) is 6.41. The van der Waals surface area contributed by atoms with Gasteiger partial charge >= 0.3 is 6.09 Å². The molecule has 4 rings (SSSR count). The number of ether oxygens (including phenoxy) is 2. The van der Waals surface area contributed by atoms with E-state index in [1.54, 1.807) is 12.0 Å². The number of benzene rings is 2. The van der Waals surface area contributed by atoms with Crippen LogP contribution in [-0.4, -0.2) is 78.8 Å². The number of nitrogens with one attached hydrogen (secondary N) is 2. The van der Waals surface area contributed by atoms with Crippen molar-refractivity contribution in [1.29, 1.82) is 0 Å². The molecule has 1 fully saturated rings. The first kappa shape index (κ1) is 25.6. The van der Waals surface area contributed by atoms with Gasteiger partial charge in [-0.05, 0) is 50.1 Å². The lowest BCUT2D eigenvalue weighted by Gasteiger charge is -2.35. The second-order valence-corrected chi connectivity index (χ2v) is 10.2. The van der Waals surface area contributed by atoms with Crippen LogP contribution in [0.15, 0.2) is 54.7 Å². The molecule has 0 saturated carbocycles. The predicted octanol–water partition coefficient (Wildman–Crippen LogP) is 3.98. The highest BCUT2D eigenvalue weighted by Gasteiger charge is 2.27. The third kappa shape index (κ3) is 6.37. The van der Waals surface area contributed by atoms with Crippen LogP contribution < -0.4 is 10.1 Å². The molecule has 1 aliphatic rings. The maximum absolute atomic E-state index is 12.9. The molecule has 0 aliphatic carbocycles. The number of hydrogen-bond acceptors (Lipinski definition) is 5. The van der Waals surface area contributed by atoms with E-state index < -0.39 is 5.60 Å². The van der Waals surface area contributed by atoms with Gasteiger partial charge < -0.3 is 24.7 Å². The zero-order valence-electron chi connectivity index (χ0n) is 21.5. The molecule has 8 nitrogen and oxygen atoms in total. The number of fused-ring (bicyclic) bond motifs is 1. The fourth-order valence-electron chi connectivity index (χ4n) is 4.52. The molecular weight excluding hydrogens is 456 g/mol. The highest BCUT2D eigenvalue weighted by molar-refractivity contribution is 5.84. The van der Waals surface area contributed by atoms with E-state index in [0.717, 1.165) is 27.8 Å². The van der Waals surface area contributed by atoms with Gasteiger partial charge in [-0.1, -0.05) is 30.3 Å². The average molecular weight is 493 g/mol. The quantitative estimate of drug-likeness (QED) is 0.521. The van der Waals surface area contributed by atoms with E-state index in [4.69, 9.17) is 9.47 Å². The minimum atomic E-state index is -0.515. The summed E-state index contributed by atoms with van der Waals surface area (Å²) < 4.78 is 10.8. The van der Waals surface area contributed by atoms with Crippen molar-refractivity contribution >= 4 is 22.9 Å². The van der Waals surface area contributed by atoms with Crippen molar-refractivity contribution in [3.8, 4) is 5.75 Å². The number of piperazine rings is 1. The molecule has 36 heavy (non-hydrogen) atoms. The van der Waals surface area contributed by atoms with Crippen molar-refractivity contribution in [2.45, 2.75) is 32.3 Å². The molecule has 1 saturated heterocycles. The van der Waals surface area contributed by atoms with Crippen LogP contribution in [0.2, 0.25) is 0 Å². The Labute approximate surface area is 212 Å². The Morgan fingerprint density at radius 3 is 2.39 bits per heavy atom. The lowest BCUT2D eigenvalue weighted by molar-refractivity contribution is -0.122. The number of aromatic amines is 1. The van der Waals surface area contributed by atoms with Gasteiger partial charge in [-0.25, -0.2) is 4.79 Å². The number of aromatic nitrogens is 1. The van der Waals surface area contributed by atoms with Crippen molar-refractivity contribution < 1.29 is 19.1 Å². The van der Waals surface area contributed by atoms with Crippen LogP contribution >= 0.6 is 0 Å². The second kappa shape index (κ2) is 11.0. The summed E-state index contributed by atoms with van der Waals surface area (Å²) in [6.45, 7) is 8.73. The SMILES string of the molecule is COc1ccc(C(CNC(=O)CN2CCN(C(=O)OC(C)(C)C)CC2)c2c[nH]c3ccccc23)cc1. The molecule has 2 heterocycles. The predicted molar refractivity (Wildman–Crippen MR) is 140 cm³/mol. The standard InChI is InChI=1S/C28H36N4O4/c1-28(2,3)36-27(34)32-15-13-31(14-16-32)19-26(33)30-17-23(20-9-11-21(35-4)12-10-20)24-18-29-25-8-6-5-7-22(24)25/h5-12,18,23,29H,13-17,19H2,1-4H3,(H,30,33). The summed E-state index contributed by atoms with van der Waals surface area (Å²) in [5.74, 6) is 0.755. The monoisotopic (exact) mass is 492 g/mol. The van der Waals surface area contributed by atoms with Gasteiger partial charge in [0.05, 0.1) is 13.7 Å². The Kier molecular flexibility index (Phi) is 7.84. The minimum Gasteiger partial charge on any atom is -0.497 e. The lowest BCUT2D eigenvalue weighted by Crippen LogP contribution is -2.52. The molecule has 0 bridgehead atoms. The largest absolute Gasteiger partial charge is 0.497 e. The topological polar surface area (TPSA) is 86.9 Å². The van der Waals surface area contributed by atoms with Crippen molar-refractivity contribution in [1.82, 2.24) is 20.1 Å². The van der Waals surface area contributed by atoms with Crippen LogP contribution in [0.4, 0.5) is 4.79 Å². The number of carbonyl (C=O) groups excluding carboxylic acids is 2. The van der Waals surface area contributed by atoms with Crippen LogP contribution in [0.25, 0.3) is 10.9 Å². The molecule has 1 aromatic heterocycles. The Bertz CT molecular complexity index is 1170. The Hall–Kier alpha value is -3.52. The number of carbonyl (C=O) groups is 2. The van der Waals surface area contributed by atoms with E-state index in [-0.39, 0.29) is 17.9 Å². The summed E-state index contributed by atoms with van der Waals surface area (Å²) in [6.07, 6.45) is 1.73. The van der Waals surface area contributed by atoms with Gasteiger partial charge in [0.25, 0.3) is 0 Å². The van der Waals surface area contributed by atoms with Crippen LogP contribution in [0, 0.1) is 0 Å². The zero-order chi connectivity index (χ0) is 25.7. The highest BCUT2D eigenvalue weighted by atomic mass is 16.6. The van der Waals surface area contributed by atoms with Crippen molar-refractivity contribution in [2.24, 2.45) is 0 Å². The number of amides is 2. The molecule has 8 heteroatoms. The zero-order valence-corrected chi connectivity index (χ0v) is 21.5. The first-order valence-electron chi connectivity index (χ1n) is 12.4. The maximum atomic E-state index is 12.9. The Morgan fingerprint density at radius 1 is 1.03 bits per heavy atom. The van der Waals surface area contributed by atoms with E-state index in [2.05, 4.69) is 27.3 Å². The molecule has 2 N–H and O–H groups in total. The van der Waals surface area contributed by atoms with Crippen molar-refractivity contribution in [2.75, 3.05) is 46.4 Å². The summed E-state index contributed by atoms with van der Waals surface area (Å²) in [6, 6.07) is 16.2. The molecule has 1 atom stereocenters. The number of H-pyrrole nitrogens is 1. The normalized spacial score (nSPS) is 15.5. The first-order valence-corrected chi connectivity index (χ1v) is 12.4. The van der Waals surface area contributed by atoms with Gasteiger partial charge in [0.1, 0.15) is 11.4 Å². The van der Waals surface area contributed by atoms with E-state index in [9.17, 15) is 9.59 Å². The number of methoxy groups -OCH3 is 1. The molecule has 3 aromatic rings. The van der Waals surface area contributed by atoms with Crippen molar-refractivity contribution in [3.63, 3.8) is 0 Å². The summed E-state index contributed by atoms with van der Waals surface area (Å²) in [4.78, 5) is 32.3. The molecule has 0 radical (unpaired) electrons. The molecule has 1 aliphatic heterocycles. The highest BCUT2D eigenvalue weighted by Crippen LogP contribution is 2.31. The summed E-state index contributed by atoms with van der Waals surface area (Å²) in [7, 11) is 1.65. The number of rotatable bonds is 7. The van der Waals surface area contributed by atoms with Crippen LogP contribution in [-0.2, 0) is 9.53 Å². The summed E-state index contributed by atoms with van der Waals surface area (Å²) in [5.41, 5.74) is 2.80. The Balaban J connectivity index is 1.38. The fourth-order valence-corrected chi connectivity index (χ4v) is 4.52. The van der Waals surface area contributed by atoms with Gasteiger partial charge in [-0.3, -0.25) is 9.69 Å². The van der Waals surface area contributed by atoms with Gasteiger partial charge in [0.15, 0.2) is 0 Å². The summed E-state index contributed by atoms with van der Waals surface area (Å²) >= 11 is 0. The van der Waals surface area contributed by atoms with Crippen molar-refractivity contribution in [3.05, 3.63) is 65.9 Å². The number of para-hydroxylation sites is 1. The van der Waals surface area contributed by atoms with Crippen LogP contribution in [0.1, 0.15) is 37.8 Å². The van der Waals surface area contributed by atoms with Gasteiger partial charge in [-0.15, -0.1) is 0 Å². The Morgan fingerprint density at radius 2 is 1.72 bits per heavy atom. The smallest absolute Gasteiger partial charge is 0.410 e. The molecule has 1 unspecified atom stereocenters. The van der Waals surface area contributed by atoms with Gasteiger partial charge in [-0.2, -0.15) is 0 Å². The lowest BCUT2D eigenvalue weighted by atomic mass is 9.90. The van der Waals surface area contributed by atoms with Gasteiger partial charge in [0, 0.05) is 55.7 Å².